The first-order valence-corrected chi connectivity index (χ1v) is 22.8. The largest absolute Gasteiger partial charge is 0.481 e. The molecule has 19 N–H and O–H groups in total. The highest BCUT2D eigenvalue weighted by atomic mass is 16.4. The molecule has 74 heavy (non-hydrogen) atoms. The fraction of sp³-hybridized carbons (Fsp3) is 0.545. The summed E-state index contributed by atoms with van der Waals surface area (Å²) < 4.78 is 0. The Morgan fingerprint density at radius 3 is 1.41 bits per heavy atom. The molecule has 0 saturated heterocycles. The summed E-state index contributed by atoms with van der Waals surface area (Å²) in [4.78, 5) is 176. The van der Waals surface area contributed by atoms with Gasteiger partial charge in [-0.1, -0.05) is 58.0 Å². The van der Waals surface area contributed by atoms with E-state index in [0.29, 0.717) is 5.56 Å². The zero-order valence-electron chi connectivity index (χ0n) is 41.1. The van der Waals surface area contributed by atoms with Gasteiger partial charge in [0.1, 0.15) is 36.3 Å². The Bertz CT molecular complexity index is 2230. The molecule has 0 heterocycles. The predicted octanol–water partition coefficient (Wildman–Crippen LogP) is -6.95. The van der Waals surface area contributed by atoms with Crippen LogP contribution in [0.2, 0.25) is 0 Å². The van der Waals surface area contributed by atoms with Gasteiger partial charge in [0.25, 0.3) is 0 Å². The highest BCUT2D eigenvalue weighted by molar-refractivity contribution is 5.99. The summed E-state index contributed by atoms with van der Waals surface area (Å²) in [6, 6.07) is -4.80. The van der Waals surface area contributed by atoms with Crippen molar-refractivity contribution in [1.82, 2.24) is 47.9 Å². The Morgan fingerprint density at radius 2 is 0.932 bits per heavy atom. The lowest BCUT2D eigenvalue weighted by Gasteiger charge is -2.29. The molecule has 0 bridgehead atoms. The highest BCUT2D eigenvalue weighted by Crippen LogP contribution is 2.11. The number of aliphatic hydroxyl groups excluding tert-OH is 1. The summed E-state index contributed by atoms with van der Waals surface area (Å²) in [5.41, 5.74) is 16.3. The van der Waals surface area contributed by atoms with Crippen molar-refractivity contribution in [2.24, 2.45) is 29.0 Å². The van der Waals surface area contributed by atoms with Gasteiger partial charge >= 0.3 is 17.9 Å². The third-order valence-corrected chi connectivity index (χ3v) is 10.4. The number of carboxylic acid groups (broad SMARTS) is 3. The first kappa shape index (κ1) is 63.7. The standard InChI is InChI=1S/C44H66N12O18/c1-19(2)34(42(71)55-35(20(3)4)43(72)56-36(21(5)57)44(73)74)54-41(70)25(13-22-9-7-6-8-10-22)52-39(68)24(11-12-28(46)58)50-31(61)18-48-30(60)17-49-38(67)26(15-32(62)63)53-40(69)27(16-33(64)65)51-37(66)23(45)14-29(47)59/h6-10,19-21,23-27,34-36,57H,11-18,45H2,1-5H3,(H2,46,58)(H2,47,59)(H,48,60)(H,49,67)(H,50,61)(H,51,66)(H,52,68)(H,53,69)(H,54,70)(H,55,71)(H,56,72)(H,62,63)(H,64,65)(H,73,74)/t21-,23+,24+,25+,26+,27+,34+,35+,36+/m1/s1. The van der Waals surface area contributed by atoms with Crippen LogP contribution in [0.25, 0.3) is 0 Å². The van der Waals surface area contributed by atoms with Crippen molar-refractivity contribution < 1.29 is 87.5 Å². The lowest BCUT2D eigenvalue weighted by atomic mass is 9.98. The maximum absolute atomic E-state index is 14.0. The molecule has 11 amide bonds. The van der Waals surface area contributed by atoms with E-state index < -0.39 is 194 Å². The zero-order valence-corrected chi connectivity index (χ0v) is 41.1. The maximum atomic E-state index is 14.0. The predicted molar refractivity (Wildman–Crippen MR) is 253 cm³/mol. The van der Waals surface area contributed by atoms with E-state index in [2.05, 4.69) is 31.9 Å². The Hall–Kier alpha value is -8.28. The van der Waals surface area contributed by atoms with E-state index in [4.69, 9.17) is 17.2 Å². The van der Waals surface area contributed by atoms with Crippen molar-refractivity contribution in [3.05, 3.63) is 35.9 Å². The van der Waals surface area contributed by atoms with Gasteiger partial charge in [0, 0.05) is 12.8 Å². The summed E-state index contributed by atoms with van der Waals surface area (Å²) in [5, 5.41) is 58.0. The molecule has 0 fully saturated rings. The van der Waals surface area contributed by atoms with Crippen LogP contribution in [0.1, 0.15) is 72.3 Å². The number of hydrogen-bond donors (Lipinski definition) is 16. The number of amides is 11. The number of carboxylic acids is 3. The summed E-state index contributed by atoms with van der Waals surface area (Å²) in [7, 11) is 0. The van der Waals surface area contributed by atoms with Crippen molar-refractivity contribution >= 4 is 82.9 Å². The third kappa shape index (κ3) is 23.8. The molecule has 0 spiro atoms. The SMILES string of the molecule is CC(C)[C@H](NC(=O)[C@H](Cc1ccccc1)NC(=O)[C@H](CCC(N)=O)NC(=O)CNC(=O)CNC(=O)[C@H](CC(=O)O)NC(=O)[C@H](CC(=O)O)NC(=O)[C@@H](N)CC(N)=O)C(=O)N[C@H](C(=O)N[C@H](C(=O)O)[C@@H](C)O)C(C)C. The monoisotopic (exact) mass is 1050 g/mol. The molecule has 30 heteroatoms. The Labute approximate surface area is 423 Å². The number of benzene rings is 1. The Morgan fingerprint density at radius 1 is 0.486 bits per heavy atom. The van der Waals surface area contributed by atoms with E-state index in [-0.39, 0.29) is 6.42 Å². The second-order valence-corrected chi connectivity index (χ2v) is 17.5. The van der Waals surface area contributed by atoms with E-state index in [1.54, 1.807) is 58.0 Å². The molecule has 30 nitrogen and oxygen atoms in total. The van der Waals surface area contributed by atoms with E-state index in [1.807, 2.05) is 16.0 Å². The molecule has 0 aliphatic carbocycles. The van der Waals surface area contributed by atoms with E-state index in [0.717, 1.165) is 6.92 Å². The van der Waals surface area contributed by atoms with Crippen LogP contribution in [-0.2, 0) is 73.5 Å². The smallest absolute Gasteiger partial charge is 0.328 e. The zero-order chi connectivity index (χ0) is 56.6. The minimum atomic E-state index is -1.97. The van der Waals surface area contributed by atoms with Gasteiger partial charge < -0.3 is 85.5 Å². The summed E-state index contributed by atoms with van der Waals surface area (Å²) in [6.07, 6.45) is -5.49. The van der Waals surface area contributed by atoms with Crippen molar-refractivity contribution in [1.29, 1.82) is 0 Å². The molecule has 1 aromatic carbocycles. The minimum Gasteiger partial charge on any atom is -0.481 e. The van der Waals surface area contributed by atoms with Crippen LogP contribution in [0.3, 0.4) is 0 Å². The van der Waals surface area contributed by atoms with Gasteiger partial charge in [-0.3, -0.25) is 62.3 Å². The van der Waals surface area contributed by atoms with Crippen molar-refractivity contribution in [3.63, 3.8) is 0 Å². The van der Waals surface area contributed by atoms with Crippen molar-refractivity contribution in [3.8, 4) is 0 Å². The first-order chi connectivity index (χ1) is 34.4. The topological polar surface area (TPSA) is 506 Å². The number of carbonyl (C=O) groups is 14. The molecule has 1 rings (SSSR count). The molecule has 1 aromatic rings. The lowest BCUT2D eigenvalue weighted by Crippen LogP contribution is -2.61. The van der Waals surface area contributed by atoms with Crippen molar-refractivity contribution in [2.45, 2.75) is 128 Å². The Kier molecular flexibility index (Phi) is 26.9. The Balaban J connectivity index is 3.22. The molecule has 0 aliphatic rings. The second-order valence-electron chi connectivity index (χ2n) is 17.5. The number of hydrogen-bond acceptors (Lipinski definition) is 16. The van der Waals surface area contributed by atoms with E-state index >= 15 is 0 Å². The maximum Gasteiger partial charge on any atom is 0.328 e. The fourth-order valence-corrected chi connectivity index (χ4v) is 6.49. The molecule has 410 valence electrons. The molecule has 9 atom stereocenters. The van der Waals surface area contributed by atoms with Gasteiger partial charge in [-0.2, -0.15) is 0 Å². The molecular formula is C44H66N12O18. The van der Waals surface area contributed by atoms with Gasteiger partial charge in [0.2, 0.25) is 65.0 Å². The van der Waals surface area contributed by atoms with Gasteiger partial charge in [0.05, 0.1) is 44.5 Å². The van der Waals surface area contributed by atoms with Crippen LogP contribution in [-0.4, -0.2) is 171 Å². The fourth-order valence-electron chi connectivity index (χ4n) is 6.49. The second kappa shape index (κ2) is 31.2. The van der Waals surface area contributed by atoms with Gasteiger partial charge in [-0.25, -0.2) is 4.79 Å². The van der Waals surface area contributed by atoms with Crippen LogP contribution >= 0.6 is 0 Å². The summed E-state index contributed by atoms with van der Waals surface area (Å²) in [6.45, 7) is 5.54. The number of aliphatic carboxylic acids is 3. The third-order valence-electron chi connectivity index (χ3n) is 10.4. The number of aliphatic hydroxyl groups is 1. The number of rotatable bonds is 33. The van der Waals surface area contributed by atoms with Crippen molar-refractivity contribution in [2.75, 3.05) is 13.1 Å². The molecular weight excluding hydrogens is 985 g/mol. The number of primary amides is 2. The van der Waals surface area contributed by atoms with Gasteiger partial charge in [0.15, 0.2) is 6.04 Å². The van der Waals surface area contributed by atoms with Crippen LogP contribution in [0.5, 0.6) is 0 Å². The molecule has 0 unspecified atom stereocenters. The van der Waals surface area contributed by atoms with Crippen LogP contribution in [0, 0.1) is 11.8 Å². The average molecular weight is 1050 g/mol. The molecule has 0 aliphatic heterocycles. The van der Waals surface area contributed by atoms with Crippen LogP contribution in [0.15, 0.2) is 30.3 Å². The highest BCUT2D eigenvalue weighted by Gasteiger charge is 2.36. The van der Waals surface area contributed by atoms with E-state index in [1.165, 1.54) is 0 Å². The number of nitrogens with one attached hydrogen (secondary N) is 9. The summed E-state index contributed by atoms with van der Waals surface area (Å²) >= 11 is 0. The number of carbonyl (C=O) groups excluding carboxylic acids is 11. The lowest BCUT2D eigenvalue weighted by molar-refractivity contribution is -0.145. The summed E-state index contributed by atoms with van der Waals surface area (Å²) in [5.74, 6) is -17.7. The first-order valence-electron chi connectivity index (χ1n) is 22.8. The quantitative estimate of drug-likeness (QED) is 0.0311. The normalized spacial score (nSPS) is 14.6. The van der Waals surface area contributed by atoms with Gasteiger partial charge in [-0.05, 0) is 30.7 Å². The van der Waals surface area contributed by atoms with E-state index in [9.17, 15) is 87.5 Å². The average Bonchev–Trinajstić information content (AvgIpc) is 3.29. The molecule has 0 saturated carbocycles. The van der Waals surface area contributed by atoms with Gasteiger partial charge in [-0.15, -0.1) is 0 Å². The number of nitrogens with two attached hydrogens (primary N) is 3. The molecule has 0 aromatic heterocycles. The van der Waals surface area contributed by atoms with Crippen LogP contribution in [0.4, 0.5) is 0 Å². The van der Waals surface area contributed by atoms with Crippen LogP contribution < -0.4 is 65.1 Å². The minimum absolute atomic E-state index is 0.195. The molecule has 0 radical (unpaired) electrons.